The minimum absolute atomic E-state index is 0.285. The van der Waals surface area contributed by atoms with Crippen LogP contribution in [0.4, 0.5) is 5.82 Å². The number of aromatic nitrogens is 2. The van der Waals surface area contributed by atoms with Crippen LogP contribution in [0.1, 0.15) is 26.2 Å². The van der Waals surface area contributed by atoms with Gasteiger partial charge in [-0.2, -0.15) is 16.7 Å². The first-order chi connectivity index (χ1) is 8.19. The van der Waals surface area contributed by atoms with Gasteiger partial charge in [0.2, 0.25) is 5.28 Å². The molecule has 0 spiro atoms. The summed E-state index contributed by atoms with van der Waals surface area (Å²) in [5, 5.41) is 4.51. The van der Waals surface area contributed by atoms with Crippen molar-refractivity contribution in [1.29, 1.82) is 0 Å². The van der Waals surface area contributed by atoms with Crippen LogP contribution in [0.3, 0.4) is 0 Å². The van der Waals surface area contributed by atoms with Crippen LogP contribution in [0.2, 0.25) is 5.28 Å². The summed E-state index contributed by atoms with van der Waals surface area (Å²) in [6.07, 6.45) is 5.37. The normalized spacial score (nSPS) is 23.9. The van der Waals surface area contributed by atoms with E-state index in [1.54, 1.807) is 6.20 Å². The fourth-order valence-corrected chi connectivity index (χ4v) is 3.68. The second-order valence-electron chi connectivity index (χ2n) is 4.07. The van der Waals surface area contributed by atoms with Gasteiger partial charge in [-0.25, -0.2) is 4.98 Å². The van der Waals surface area contributed by atoms with Crippen molar-refractivity contribution in [1.82, 2.24) is 9.97 Å². The van der Waals surface area contributed by atoms with Gasteiger partial charge in [-0.05, 0) is 52.5 Å². The third kappa shape index (κ3) is 3.73. The first kappa shape index (κ1) is 13.4. The quantitative estimate of drug-likeness (QED) is 0.844. The standard InChI is InChI=1S/C11H15BrClN3S/c1-2-17-8-4-3-7(5-8)15-10-9(12)6-14-11(13)16-10/h6-8H,2-5H2,1H3,(H,14,15,16). The number of thioether (sulfide) groups is 1. The van der Waals surface area contributed by atoms with Crippen molar-refractivity contribution in [2.75, 3.05) is 11.1 Å². The van der Waals surface area contributed by atoms with Gasteiger partial charge in [-0.15, -0.1) is 0 Å². The number of rotatable bonds is 4. The Morgan fingerprint density at radius 3 is 3.18 bits per heavy atom. The highest BCUT2D eigenvalue weighted by Crippen LogP contribution is 2.32. The molecule has 1 fully saturated rings. The van der Waals surface area contributed by atoms with Crippen molar-refractivity contribution in [3.05, 3.63) is 16.0 Å². The summed E-state index contributed by atoms with van der Waals surface area (Å²) in [6, 6.07) is 0.501. The molecule has 1 saturated carbocycles. The number of nitrogens with zero attached hydrogens (tertiary/aromatic N) is 2. The number of hydrogen-bond acceptors (Lipinski definition) is 4. The molecule has 2 unspecified atom stereocenters. The highest BCUT2D eigenvalue weighted by molar-refractivity contribution is 9.10. The molecule has 1 aromatic rings. The van der Waals surface area contributed by atoms with E-state index in [1.807, 2.05) is 0 Å². The summed E-state index contributed by atoms with van der Waals surface area (Å²) in [5.41, 5.74) is 0. The molecule has 0 radical (unpaired) electrons. The van der Waals surface area contributed by atoms with Gasteiger partial charge in [-0.3, -0.25) is 0 Å². The largest absolute Gasteiger partial charge is 0.366 e. The van der Waals surface area contributed by atoms with Crippen LogP contribution in [0, 0.1) is 0 Å². The lowest BCUT2D eigenvalue weighted by atomic mass is 10.2. The third-order valence-electron chi connectivity index (χ3n) is 2.84. The third-order valence-corrected chi connectivity index (χ3v) is 4.84. The molecule has 2 atom stereocenters. The van der Waals surface area contributed by atoms with Gasteiger partial charge in [0.25, 0.3) is 0 Å². The van der Waals surface area contributed by atoms with Crippen molar-refractivity contribution in [2.24, 2.45) is 0 Å². The van der Waals surface area contributed by atoms with Gasteiger partial charge < -0.3 is 5.32 Å². The van der Waals surface area contributed by atoms with Crippen molar-refractivity contribution in [2.45, 2.75) is 37.5 Å². The van der Waals surface area contributed by atoms with E-state index in [0.717, 1.165) is 15.5 Å². The Balaban J connectivity index is 1.95. The monoisotopic (exact) mass is 335 g/mol. The number of anilines is 1. The summed E-state index contributed by atoms with van der Waals surface area (Å²) in [5.74, 6) is 2.00. The maximum Gasteiger partial charge on any atom is 0.224 e. The Morgan fingerprint density at radius 1 is 1.59 bits per heavy atom. The number of halogens is 2. The summed E-state index contributed by atoms with van der Waals surface area (Å²) in [7, 11) is 0. The molecule has 1 aromatic heterocycles. The van der Waals surface area contributed by atoms with E-state index in [4.69, 9.17) is 11.6 Å². The zero-order chi connectivity index (χ0) is 12.3. The van der Waals surface area contributed by atoms with Gasteiger partial charge in [-0.1, -0.05) is 6.92 Å². The summed E-state index contributed by atoms with van der Waals surface area (Å²) in [4.78, 5) is 8.12. The van der Waals surface area contributed by atoms with Crippen molar-refractivity contribution in [3.8, 4) is 0 Å². The van der Waals surface area contributed by atoms with Crippen LogP contribution in [0.15, 0.2) is 10.7 Å². The predicted octanol–water partition coefficient (Wildman–Crippen LogP) is 3.98. The summed E-state index contributed by atoms with van der Waals surface area (Å²) >= 11 is 11.3. The van der Waals surface area contributed by atoms with Crippen molar-refractivity contribution < 1.29 is 0 Å². The molecule has 0 bridgehead atoms. The van der Waals surface area contributed by atoms with E-state index in [-0.39, 0.29) is 5.28 Å². The highest BCUT2D eigenvalue weighted by atomic mass is 79.9. The maximum absolute atomic E-state index is 5.79. The van der Waals surface area contributed by atoms with E-state index < -0.39 is 0 Å². The zero-order valence-corrected chi connectivity index (χ0v) is 12.8. The second kappa shape index (κ2) is 6.25. The Kier molecular flexibility index (Phi) is 4.94. The highest BCUT2D eigenvalue weighted by Gasteiger charge is 2.25. The summed E-state index contributed by atoms with van der Waals surface area (Å²) < 4.78 is 0.869. The molecule has 1 aliphatic carbocycles. The smallest absolute Gasteiger partial charge is 0.224 e. The lowest BCUT2D eigenvalue weighted by Gasteiger charge is -2.14. The van der Waals surface area contributed by atoms with E-state index >= 15 is 0 Å². The SMILES string of the molecule is CCSC1CCC(Nc2nc(Cl)ncc2Br)C1. The molecule has 17 heavy (non-hydrogen) atoms. The lowest BCUT2D eigenvalue weighted by Crippen LogP contribution is -2.17. The molecule has 3 nitrogen and oxygen atoms in total. The number of nitrogens with one attached hydrogen (secondary N) is 1. The molecule has 0 aromatic carbocycles. The van der Waals surface area contributed by atoms with Gasteiger partial charge in [0.1, 0.15) is 5.82 Å². The lowest BCUT2D eigenvalue weighted by molar-refractivity contribution is 0.750. The van der Waals surface area contributed by atoms with Crippen LogP contribution in [-0.2, 0) is 0 Å². The molecule has 94 valence electrons. The Hall–Kier alpha value is -0.000000000000000111. The van der Waals surface area contributed by atoms with E-state index in [1.165, 1.54) is 25.0 Å². The minimum atomic E-state index is 0.285. The van der Waals surface area contributed by atoms with Gasteiger partial charge in [0.15, 0.2) is 0 Å². The average Bonchev–Trinajstić information content (AvgIpc) is 2.72. The molecule has 0 aliphatic heterocycles. The maximum atomic E-state index is 5.79. The van der Waals surface area contributed by atoms with Crippen molar-refractivity contribution in [3.63, 3.8) is 0 Å². The van der Waals surface area contributed by atoms with Gasteiger partial charge in [0, 0.05) is 17.5 Å². The van der Waals surface area contributed by atoms with E-state index in [2.05, 4.69) is 49.9 Å². The van der Waals surface area contributed by atoms with Crippen LogP contribution >= 0.6 is 39.3 Å². The molecule has 1 aliphatic rings. The van der Waals surface area contributed by atoms with Crippen LogP contribution in [-0.4, -0.2) is 27.0 Å². The molecule has 1 heterocycles. The van der Waals surface area contributed by atoms with Crippen LogP contribution in [0.25, 0.3) is 0 Å². The average molecular weight is 337 g/mol. The Bertz CT molecular complexity index is 391. The molecule has 0 saturated heterocycles. The molecular formula is C11H15BrClN3S. The second-order valence-corrected chi connectivity index (χ2v) is 6.84. The van der Waals surface area contributed by atoms with E-state index in [0.29, 0.717) is 6.04 Å². The fraction of sp³-hybridized carbons (Fsp3) is 0.636. The zero-order valence-electron chi connectivity index (χ0n) is 9.62. The van der Waals surface area contributed by atoms with Crippen LogP contribution in [0.5, 0.6) is 0 Å². The van der Waals surface area contributed by atoms with Crippen LogP contribution < -0.4 is 5.32 Å². The first-order valence-corrected chi connectivity index (χ1v) is 7.97. The topological polar surface area (TPSA) is 37.8 Å². The number of hydrogen-bond donors (Lipinski definition) is 1. The van der Waals surface area contributed by atoms with E-state index in [9.17, 15) is 0 Å². The Labute approximate surface area is 119 Å². The fourth-order valence-electron chi connectivity index (χ4n) is 2.10. The predicted molar refractivity (Wildman–Crippen MR) is 77.9 cm³/mol. The van der Waals surface area contributed by atoms with Crippen molar-refractivity contribution >= 4 is 45.1 Å². The molecular weight excluding hydrogens is 322 g/mol. The molecule has 1 N–H and O–H groups in total. The first-order valence-electron chi connectivity index (χ1n) is 5.75. The molecule has 2 rings (SSSR count). The molecule has 6 heteroatoms. The van der Waals surface area contributed by atoms with Gasteiger partial charge >= 0.3 is 0 Å². The van der Waals surface area contributed by atoms with Gasteiger partial charge in [0.05, 0.1) is 4.47 Å². The minimum Gasteiger partial charge on any atom is -0.366 e. The summed E-state index contributed by atoms with van der Waals surface area (Å²) in [6.45, 7) is 2.21. The Morgan fingerprint density at radius 2 is 2.41 bits per heavy atom. The molecule has 0 amide bonds.